The van der Waals surface area contributed by atoms with E-state index in [0.29, 0.717) is 5.70 Å². The summed E-state index contributed by atoms with van der Waals surface area (Å²) in [5.41, 5.74) is 3.35. The van der Waals surface area contributed by atoms with Gasteiger partial charge >= 0.3 is 0 Å². The largest absolute Gasteiger partial charge is 0.380 e. The van der Waals surface area contributed by atoms with E-state index in [2.05, 4.69) is 30.7 Å². The third kappa shape index (κ3) is 5.32. The maximum atomic E-state index is 11.9. The summed E-state index contributed by atoms with van der Waals surface area (Å²) in [4.78, 5) is 16.2. The van der Waals surface area contributed by atoms with Crippen molar-refractivity contribution in [3.05, 3.63) is 24.0 Å². The number of ketones is 1. The van der Waals surface area contributed by atoms with Crippen LogP contribution in [0.5, 0.6) is 0 Å². The number of nitrogens with one attached hydrogen (secondary N) is 1. The van der Waals surface area contributed by atoms with Gasteiger partial charge in [0, 0.05) is 20.6 Å². The first-order valence-electron chi connectivity index (χ1n) is 7.17. The first kappa shape index (κ1) is 19.9. The molecule has 0 bridgehead atoms. The molecule has 0 aliphatic rings. The standard InChI is InChI=1S/C16H28N2O2S/c1-8-14(20-7)16(6,21-11-17-9-2)12(4)15(13(5)19)18-10-3/h10-11,14,18H,3,8-9H2,1-2,4-7H3/b15-12-,17-11-/t14?,16-/m1/s1. The van der Waals surface area contributed by atoms with Crippen molar-refractivity contribution in [2.45, 2.75) is 51.9 Å². The quantitative estimate of drug-likeness (QED) is 0.381. The van der Waals surface area contributed by atoms with Crippen LogP contribution in [0, 0.1) is 0 Å². The number of carbonyl (C=O) groups excluding carboxylic acids is 1. The van der Waals surface area contributed by atoms with Gasteiger partial charge in [-0.15, -0.1) is 11.8 Å². The van der Waals surface area contributed by atoms with Crippen LogP contribution in [0.4, 0.5) is 0 Å². The molecule has 0 saturated carbocycles. The number of methoxy groups -OCH3 is 1. The number of nitrogens with zero attached hydrogens (tertiary/aromatic N) is 1. The molecule has 0 aliphatic carbocycles. The molecule has 0 amide bonds. The fourth-order valence-electron chi connectivity index (χ4n) is 2.23. The lowest BCUT2D eigenvalue weighted by molar-refractivity contribution is -0.114. The highest BCUT2D eigenvalue weighted by molar-refractivity contribution is 8.13. The normalized spacial score (nSPS) is 17.0. The summed E-state index contributed by atoms with van der Waals surface area (Å²) >= 11 is 1.58. The molecule has 2 atom stereocenters. The maximum Gasteiger partial charge on any atom is 0.175 e. The Morgan fingerprint density at radius 1 is 1.48 bits per heavy atom. The lowest BCUT2D eigenvalue weighted by Gasteiger charge is -2.36. The summed E-state index contributed by atoms with van der Waals surface area (Å²) in [5.74, 6) is -0.0161. The van der Waals surface area contributed by atoms with Crippen molar-refractivity contribution in [3.8, 4) is 0 Å². The van der Waals surface area contributed by atoms with Gasteiger partial charge in [-0.05, 0) is 39.0 Å². The molecule has 0 aromatic carbocycles. The van der Waals surface area contributed by atoms with Crippen molar-refractivity contribution < 1.29 is 9.53 Å². The Balaban J connectivity index is 5.84. The van der Waals surface area contributed by atoms with Gasteiger partial charge in [-0.2, -0.15) is 0 Å². The van der Waals surface area contributed by atoms with Gasteiger partial charge in [0.1, 0.15) is 0 Å². The maximum absolute atomic E-state index is 11.9. The van der Waals surface area contributed by atoms with E-state index in [1.165, 1.54) is 6.20 Å². The van der Waals surface area contributed by atoms with Crippen LogP contribution >= 0.6 is 11.8 Å². The summed E-state index contributed by atoms with van der Waals surface area (Å²) < 4.78 is 5.27. The summed E-state index contributed by atoms with van der Waals surface area (Å²) in [6.07, 6.45) is 2.35. The number of allylic oxidation sites excluding steroid dienone is 1. The molecular weight excluding hydrogens is 284 g/mol. The number of thioether (sulfide) groups is 1. The van der Waals surface area contributed by atoms with E-state index >= 15 is 0 Å². The van der Waals surface area contributed by atoms with E-state index in [1.807, 2.05) is 19.4 Å². The van der Waals surface area contributed by atoms with E-state index in [0.717, 1.165) is 18.5 Å². The minimum Gasteiger partial charge on any atom is -0.380 e. The van der Waals surface area contributed by atoms with Crippen LogP contribution < -0.4 is 5.32 Å². The second-order valence-corrected chi connectivity index (χ2v) is 6.16. The third-order valence-electron chi connectivity index (χ3n) is 3.54. The van der Waals surface area contributed by atoms with Gasteiger partial charge < -0.3 is 10.1 Å². The van der Waals surface area contributed by atoms with Gasteiger partial charge in [0.2, 0.25) is 0 Å². The number of aliphatic imine (C=N–C) groups is 1. The Morgan fingerprint density at radius 2 is 2.10 bits per heavy atom. The molecule has 1 unspecified atom stereocenters. The zero-order chi connectivity index (χ0) is 16.5. The molecule has 21 heavy (non-hydrogen) atoms. The smallest absolute Gasteiger partial charge is 0.175 e. The van der Waals surface area contributed by atoms with Gasteiger partial charge in [-0.1, -0.05) is 13.5 Å². The first-order chi connectivity index (χ1) is 9.88. The Kier molecular flexibility index (Phi) is 9.29. The van der Waals surface area contributed by atoms with Crippen molar-refractivity contribution in [3.63, 3.8) is 0 Å². The summed E-state index contributed by atoms with van der Waals surface area (Å²) in [7, 11) is 1.70. The predicted octanol–water partition coefficient (Wildman–Crippen LogP) is 3.55. The van der Waals surface area contributed by atoms with Crippen molar-refractivity contribution in [2.24, 2.45) is 4.99 Å². The Morgan fingerprint density at radius 3 is 2.48 bits per heavy atom. The molecule has 0 saturated heterocycles. The number of rotatable bonds is 10. The highest BCUT2D eigenvalue weighted by atomic mass is 32.2. The second kappa shape index (κ2) is 9.79. The molecule has 0 spiro atoms. The van der Waals surface area contributed by atoms with Crippen LogP contribution in [0.15, 0.2) is 29.0 Å². The molecule has 0 aromatic heterocycles. The van der Waals surface area contributed by atoms with Crippen molar-refractivity contribution >= 4 is 23.1 Å². The zero-order valence-corrected chi connectivity index (χ0v) is 14.8. The van der Waals surface area contributed by atoms with Crippen LogP contribution in [-0.4, -0.2) is 35.8 Å². The molecule has 1 N–H and O–H groups in total. The van der Waals surface area contributed by atoms with E-state index in [1.54, 1.807) is 25.8 Å². The lowest BCUT2D eigenvalue weighted by atomic mass is 9.91. The molecule has 0 radical (unpaired) electrons. The zero-order valence-electron chi connectivity index (χ0n) is 14.0. The first-order valence-corrected chi connectivity index (χ1v) is 8.05. The van der Waals surface area contributed by atoms with Crippen molar-refractivity contribution in [1.29, 1.82) is 0 Å². The van der Waals surface area contributed by atoms with E-state index in [9.17, 15) is 4.79 Å². The number of Topliss-reactive ketones (excluding diaryl/α,β-unsaturated/α-hetero) is 1. The van der Waals surface area contributed by atoms with Crippen molar-refractivity contribution in [2.75, 3.05) is 13.7 Å². The minimum absolute atomic E-state index is 0.0161. The van der Waals surface area contributed by atoms with Crippen LogP contribution in [0.1, 0.15) is 41.0 Å². The highest BCUT2D eigenvalue weighted by Crippen LogP contribution is 2.38. The number of ether oxygens (including phenoxy) is 1. The van der Waals surface area contributed by atoms with Gasteiger partial charge in [-0.25, -0.2) is 0 Å². The van der Waals surface area contributed by atoms with Gasteiger partial charge in [-0.3, -0.25) is 9.79 Å². The molecule has 4 nitrogen and oxygen atoms in total. The molecule has 0 rings (SSSR count). The fraction of sp³-hybridized carbons (Fsp3) is 0.625. The van der Waals surface area contributed by atoms with Crippen LogP contribution in [0.2, 0.25) is 0 Å². The SMILES string of the molecule is C=CN/C(C(C)=O)=C(/C)[C@@](C)(S/C=N\CC)C(CC)OC. The molecule has 0 aromatic rings. The topological polar surface area (TPSA) is 50.7 Å². The Labute approximate surface area is 133 Å². The summed E-state index contributed by atoms with van der Waals surface area (Å²) in [5, 5.41) is 2.96. The molecule has 0 heterocycles. The fourth-order valence-corrected chi connectivity index (χ4v) is 3.37. The van der Waals surface area contributed by atoms with E-state index in [-0.39, 0.29) is 16.6 Å². The van der Waals surface area contributed by atoms with Crippen LogP contribution in [0.3, 0.4) is 0 Å². The minimum atomic E-state index is -0.376. The van der Waals surface area contributed by atoms with Crippen LogP contribution in [0.25, 0.3) is 0 Å². The number of hydrogen-bond acceptors (Lipinski definition) is 5. The molecule has 0 aliphatic heterocycles. The monoisotopic (exact) mass is 312 g/mol. The second-order valence-electron chi connectivity index (χ2n) is 4.87. The van der Waals surface area contributed by atoms with Gasteiger partial charge in [0.15, 0.2) is 5.78 Å². The van der Waals surface area contributed by atoms with E-state index < -0.39 is 0 Å². The molecule has 0 fully saturated rings. The molecule has 5 heteroatoms. The summed E-state index contributed by atoms with van der Waals surface area (Å²) in [6, 6.07) is 0. The predicted molar refractivity (Wildman–Crippen MR) is 92.8 cm³/mol. The highest BCUT2D eigenvalue weighted by Gasteiger charge is 2.37. The Hall–Kier alpha value is -1.07. The van der Waals surface area contributed by atoms with Crippen LogP contribution in [-0.2, 0) is 9.53 Å². The Bertz CT molecular complexity index is 415. The number of carbonyl (C=O) groups is 1. The van der Waals surface area contributed by atoms with Gasteiger partial charge in [0.25, 0.3) is 0 Å². The van der Waals surface area contributed by atoms with Gasteiger partial charge in [0.05, 0.1) is 22.1 Å². The van der Waals surface area contributed by atoms with Crippen molar-refractivity contribution in [1.82, 2.24) is 5.32 Å². The third-order valence-corrected chi connectivity index (χ3v) is 4.86. The number of hydrogen-bond donors (Lipinski definition) is 1. The van der Waals surface area contributed by atoms with E-state index in [4.69, 9.17) is 4.74 Å². The average molecular weight is 312 g/mol. The molecule has 120 valence electrons. The molecular formula is C16H28N2O2S. The summed E-state index contributed by atoms with van der Waals surface area (Å²) in [6.45, 7) is 14.0. The average Bonchev–Trinajstić information content (AvgIpc) is 2.45. The lowest BCUT2D eigenvalue weighted by Crippen LogP contribution is -2.40.